The zero-order chi connectivity index (χ0) is 9.85. The van der Waals surface area contributed by atoms with Gasteiger partial charge in [-0.05, 0) is 35.1 Å². The maximum Gasteiger partial charge on any atom is 0.0491 e. The number of rotatable bonds is 1. The highest BCUT2D eigenvalue weighted by Gasteiger charge is 2.65. The van der Waals surface area contributed by atoms with Gasteiger partial charge in [0.15, 0.2) is 0 Å². The van der Waals surface area contributed by atoms with E-state index in [4.69, 9.17) is 0 Å². The molecule has 0 N–H and O–H groups in total. The van der Waals surface area contributed by atoms with Crippen molar-refractivity contribution in [3.63, 3.8) is 0 Å². The van der Waals surface area contributed by atoms with Gasteiger partial charge < -0.3 is 0 Å². The molecule has 3 aliphatic carbocycles. The van der Waals surface area contributed by atoms with Gasteiger partial charge in [-0.25, -0.2) is 0 Å². The van der Waals surface area contributed by atoms with Crippen molar-refractivity contribution in [2.45, 2.75) is 58.2 Å². The van der Waals surface area contributed by atoms with E-state index in [2.05, 4.69) is 33.9 Å². The van der Waals surface area contributed by atoms with E-state index in [-0.39, 0.29) is 8.80 Å². The molecule has 2 bridgehead atoms. The van der Waals surface area contributed by atoms with Crippen LogP contribution < -0.4 is 0 Å². The number of fused-ring (bicyclic) bond motifs is 2. The van der Waals surface area contributed by atoms with Gasteiger partial charge in [0, 0.05) is 8.80 Å². The van der Waals surface area contributed by atoms with Crippen LogP contribution in [-0.4, -0.2) is 8.80 Å². The Balaban J connectivity index is 2.34. The van der Waals surface area contributed by atoms with Crippen LogP contribution in [0.25, 0.3) is 0 Å². The Bertz CT molecular complexity index is 219. The molecular weight excluding hydrogens is 172 g/mol. The molecule has 3 rings (SSSR count). The summed E-state index contributed by atoms with van der Waals surface area (Å²) in [5, 5.41) is 0.778. The quantitative estimate of drug-likeness (QED) is 0.556. The lowest BCUT2D eigenvalue weighted by molar-refractivity contribution is -0.0862. The Morgan fingerprint density at radius 2 is 1.77 bits per heavy atom. The molecule has 1 heteroatoms. The lowest BCUT2D eigenvalue weighted by Gasteiger charge is -2.70. The van der Waals surface area contributed by atoms with Crippen LogP contribution in [0.1, 0.15) is 40.0 Å². The minimum absolute atomic E-state index is 0.123. The Morgan fingerprint density at radius 1 is 1.15 bits per heavy atom. The van der Waals surface area contributed by atoms with Crippen LogP contribution in [0.2, 0.25) is 18.1 Å². The fourth-order valence-corrected chi connectivity index (χ4v) is 7.76. The van der Waals surface area contributed by atoms with E-state index in [1.54, 1.807) is 6.42 Å². The second-order valence-corrected chi connectivity index (χ2v) is 8.96. The van der Waals surface area contributed by atoms with Gasteiger partial charge in [-0.15, -0.1) is 0 Å². The van der Waals surface area contributed by atoms with Crippen LogP contribution >= 0.6 is 0 Å². The van der Waals surface area contributed by atoms with Gasteiger partial charge in [0.05, 0.1) is 0 Å². The van der Waals surface area contributed by atoms with Gasteiger partial charge in [-0.3, -0.25) is 0 Å². The van der Waals surface area contributed by atoms with Crippen LogP contribution in [-0.2, 0) is 0 Å². The van der Waals surface area contributed by atoms with Crippen LogP contribution in [0.15, 0.2) is 0 Å². The highest BCUT2D eigenvalue weighted by molar-refractivity contribution is 6.60. The molecular formula is C12H23Si. The first-order chi connectivity index (χ1) is 5.93. The van der Waals surface area contributed by atoms with Gasteiger partial charge in [0.1, 0.15) is 0 Å². The van der Waals surface area contributed by atoms with Crippen molar-refractivity contribution in [3.8, 4) is 0 Å². The smallest absolute Gasteiger partial charge is 0.0491 e. The average Bonchev–Trinajstić information content (AvgIpc) is 2.02. The Hall–Kier alpha value is 0.217. The SMILES string of the molecule is CC1CCC2CC1([Si](C)C)C2(C)C. The summed E-state index contributed by atoms with van der Waals surface area (Å²) in [4.78, 5) is 0. The molecule has 13 heavy (non-hydrogen) atoms. The molecule has 3 unspecified atom stereocenters. The van der Waals surface area contributed by atoms with Crippen molar-refractivity contribution in [3.05, 3.63) is 0 Å². The zero-order valence-electron chi connectivity index (χ0n) is 9.78. The topological polar surface area (TPSA) is 0 Å². The molecule has 0 aromatic carbocycles. The summed E-state index contributed by atoms with van der Waals surface area (Å²) in [5.74, 6) is 2.06. The van der Waals surface area contributed by atoms with E-state index < -0.39 is 0 Å². The van der Waals surface area contributed by atoms with Gasteiger partial charge in [-0.1, -0.05) is 40.3 Å². The molecule has 3 aliphatic rings. The van der Waals surface area contributed by atoms with E-state index >= 15 is 0 Å². The standard InChI is InChI=1S/C12H23Si/c1-9-6-7-10-8-12(9,13(4)5)11(10,2)3/h9-10H,6-8H2,1-5H3. The normalized spacial score (nSPS) is 47.5. The summed E-state index contributed by atoms with van der Waals surface area (Å²) in [6.45, 7) is 12.6. The first-order valence-corrected chi connectivity index (χ1v) is 8.23. The molecule has 0 saturated heterocycles. The third kappa shape index (κ3) is 0.921. The van der Waals surface area contributed by atoms with Gasteiger partial charge >= 0.3 is 0 Å². The Labute approximate surface area is 84.7 Å². The second-order valence-electron chi connectivity index (χ2n) is 6.07. The second kappa shape index (κ2) is 2.62. The van der Waals surface area contributed by atoms with Crippen molar-refractivity contribution < 1.29 is 0 Å². The third-order valence-electron chi connectivity index (χ3n) is 5.42. The summed E-state index contributed by atoms with van der Waals surface area (Å²) in [6.07, 6.45) is 4.57. The van der Waals surface area contributed by atoms with Crippen LogP contribution in [0.4, 0.5) is 0 Å². The molecule has 0 amide bonds. The van der Waals surface area contributed by atoms with Crippen molar-refractivity contribution in [1.29, 1.82) is 0 Å². The van der Waals surface area contributed by atoms with Gasteiger partial charge in [-0.2, -0.15) is 0 Å². The van der Waals surface area contributed by atoms with Crippen LogP contribution in [0.3, 0.4) is 0 Å². The third-order valence-corrected chi connectivity index (χ3v) is 8.55. The van der Waals surface area contributed by atoms with E-state index in [9.17, 15) is 0 Å². The molecule has 1 radical (unpaired) electrons. The predicted octanol–water partition coefficient (Wildman–Crippen LogP) is 3.96. The van der Waals surface area contributed by atoms with E-state index in [1.807, 2.05) is 0 Å². The van der Waals surface area contributed by atoms with Crippen molar-refractivity contribution in [2.75, 3.05) is 0 Å². The highest BCUT2D eigenvalue weighted by Crippen LogP contribution is 2.75. The average molecular weight is 195 g/mol. The minimum Gasteiger partial charge on any atom is -0.0708 e. The van der Waals surface area contributed by atoms with E-state index in [0.717, 1.165) is 16.9 Å². The predicted molar refractivity (Wildman–Crippen MR) is 60.5 cm³/mol. The number of hydrogen-bond acceptors (Lipinski definition) is 0. The largest absolute Gasteiger partial charge is 0.0708 e. The maximum absolute atomic E-state index is 2.54. The van der Waals surface area contributed by atoms with Crippen molar-refractivity contribution >= 4 is 8.80 Å². The van der Waals surface area contributed by atoms with Crippen LogP contribution in [0.5, 0.6) is 0 Å². The summed E-state index contributed by atoms with van der Waals surface area (Å²) in [7, 11) is -0.123. The lowest BCUT2D eigenvalue weighted by Crippen LogP contribution is -2.61. The molecule has 3 atom stereocenters. The first-order valence-electron chi connectivity index (χ1n) is 5.73. The fourth-order valence-electron chi connectivity index (χ4n) is 4.48. The molecule has 0 aliphatic heterocycles. The summed E-state index contributed by atoms with van der Waals surface area (Å²) >= 11 is 0. The summed E-state index contributed by atoms with van der Waals surface area (Å²) < 4.78 is 0. The van der Waals surface area contributed by atoms with Crippen LogP contribution in [0, 0.1) is 17.3 Å². The Morgan fingerprint density at radius 3 is 2.08 bits per heavy atom. The van der Waals surface area contributed by atoms with Gasteiger partial charge in [0.2, 0.25) is 0 Å². The summed E-state index contributed by atoms with van der Waals surface area (Å²) in [5.41, 5.74) is 0.669. The van der Waals surface area contributed by atoms with Gasteiger partial charge in [0.25, 0.3) is 0 Å². The molecule has 3 saturated carbocycles. The van der Waals surface area contributed by atoms with E-state index in [0.29, 0.717) is 5.41 Å². The molecule has 0 heterocycles. The maximum atomic E-state index is 2.54. The minimum atomic E-state index is -0.123. The molecule has 0 nitrogen and oxygen atoms in total. The molecule has 0 aromatic heterocycles. The van der Waals surface area contributed by atoms with E-state index in [1.165, 1.54) is 12.8 Å². The monoisotopic (exact) mass is 195 g/mol. The summed E-state index contributed by atoms with van der Waals surface area (Å²) in [6, 6.07) is 0. The van der Waals surface area contributed by atoms with Crippen molar-refractivity contribution in [1.82, 2.24) is 0 Å². The highest BCUT2D eigenvalue weighted by atomic mass is 28.3. The fraction of sp³-hybridized carbons (Fsp3) is 1.00. The molecule has 0 spiro atoms. The molecule has 75 valence electrons. The first kappa shape index (κ1) is 9.76. The molecule has 0 aromatic rings. The molecule has 3 fully saturated rings. The zero-order valence-corrected chi connectivity index (χ0v) is 10.8. The van der Waals surface area contributed by atoms with Crippen molar-refractivity contribution in [2.24, 2.45) is 17.3 Å². The Kier molecular flexibility index (Phi) is 1.97. The number of hydrogen-bond donors (Lipinski definition) is 0. The lowest BCUT2D eigenvalue weighted by atomic mass is 9.45.